The van der Waals surface area contributed by atoms with Gasteiger partial charge >= 0.3 is 0 Å². The second-order valence-electron chi connectivity index (χ2n) is 6.83. The Morgan fingerprint density at radius 1 is 1.44 bits per heavy atom. The van der Waals surface area contributed by atoms with Crippen molar-refractivity contribution in [1.29, 1.82) is 0 Å². The van der Waals surface area contributed by atoms with Crippen molar-refractivity contribution in [2.24, 2.45) is 17.4 Å². The third-order valence-corrected chi connectivity index (χ3v) is 4.96. The predicted molar refractivity (Wildman–Crippen MR) is 100 cm³/mol. The van der Waals surface area contributed by atoms with Crippen molar-refractivity contribution in [3.05, 3.63) is 71.1 Å². The SMILES string of the molecule is C=C/C(=C\C(=C/C)C(N)=O)C(N)(CCC1CC1)c1ccc(F)c(C)c1. The molecule has 2 rings (SSSR count). The molecule has 1 aliphatic rings. The van der Waals surface area contributed by atoms with Gasteiger partial charge in [-0.25, -0.2) is 4.39 Å². The highest BCUT2D eigenvalue weighted by Gasteiger charge is 2.34. The zero-order valence-corrected chi connectivity index (χ0v) is 15.0. The number of nitrogens with two attached hydrogens (primary N) is 2. The fraction of sp³-hybridized carbons (Fsp3) is 0.381. The van der Waals surface area contributed by atoms with Gasteiger partial charge in [-0.1, -0.05) is 43.7 Å². The summed E-state index contributed by atoms with van der Waals surface area (Å²) in [5.41, 5.74) is 13.9. The summed E-state index contributed by atoms with van der Waals surface area (Å²) in [6.07, 6.45) is 9.17. The third-order valence-electron chi connectivity index (χ3n) is 4.96. The topological polar surface area (TPSA) is 69.1 Å². The van der Waals surface area contributed by atoms with E-state index in [4.69, 9.17) is 11.5 Å². The van der Waals surface area contributed by atoms with Crippen molar-refractivity contribution in [2.75, 3.05) is 0 Å². The lowest BCUT2D eigenvalue weighted by Gasteiger charge is -2.32. The summed E-state index contributed by atoms with van der Waals surface area (Å²) in [7, 11) is 0. The van der Waals surface area contributed by atoms with Crippen LogP contribution in [0, 0.1) is 18.7 Å². The van der Waals surface area contributed by atoms with Gasteiger partial charge in [0.1, 0.15) is 5.82 Å². The minimum absolute atomic E-state index is 0.260. The monoisotopic (exact) mass is 342 g/mol. The number of carbonyl (C=O) groups is 1. The molecule has 0 bridgehead atoms. The van der Waals surface area contributed by atoms with E-state index in [1.807, 2.05) is 0 Å². The van der Waals surface area contributed by atoms with E-state index in [1.165, 1.54) is 18.9 Å². The highest BCUT2D eigenvalue weighted by molar-refractivity contribution is 5.95. The van der Waals surface area contributed by atoms with Crippen LogP contribution in [0.5, 0.6) is 0 Å². The lowest BCUT2D eigenvalue weighted by Crippen LogP contribution is -2.39. The van der Waals surface area contributed by atoms with Gasteiger partial charge in [-0.2, -0.15) is 0 Å². The molecular weight excluding hydrogens is 315 g/mol. The van der Waals surface area contributed by atoms with Crippen LogP contribution in [0.3, 0.4) is 0 Å². The van der Waals surface area contributed by atoms with Crippen molar-refractivity contribution >= 4 is 5.91 Å². The zero-order chi connectivity index (χ0) is 18.6. The second kappa shape index (κ2) is 7.79. The molecule has 25 heavy (non-hydrogen) atoms. The molecule has 1 fully saturated rings. The van der Waals surface area contributed by atoms with E-state index < -0.39 is 11.4 Å². The molecule has 1 aromatic rings. The first kappa shape index (κ1) is 19.1. The molecule has 0 aliphatic heterocycles. The van der Waals surface area contributed by atoms with Gasteiger partial charge in [0.2, 0.25) is 5.91 Å². The van der Waals surface area contributed by atoms with E-state index in [2.05, 4.69) is 6.58 Å². The average molecular weight is 342 g/mol. The number of allylic oxidation sites excluding steroid dienone is 1. The summed E-state index contributed by atoms with van der Waals surface area (Å²) in [6.45, 7) is 7.35. The van der Waals surface area contributed by atoms with Crippen LogP contribution in [0.4, 0.5) is 4.39 Å². The molecule has 0 spiro atoms. The molecule has 1 unspecified atom stereocenters. The van der Waals surface area contributed by atoms with Crippen LogP contribution in [0.1, 0.15) is 43.7 Å². The Hall–Kier alpha value is -2.20. The Morgan fingerprint density at radius 3 is 2.60 bits per heavy atom. The maximum Gasteiger partial charge on any atom is 0.248 e. The summed E-state index contributed by atoms with van der Waals surface area (Å²) in [6, 6.07) is 4.93. The van der Waals surface area contributed by atoms with Gasteiger partial charge in [0.05, 0.1) is 5.54 Å². The summed E-state index contributed by atoms with van der Waals surface area (Å²) >= 11 is 0. The van der Waals surface area contributed by atoms with E-state index in [0.717, 1.165) is 12.0 Å². The molecule has 1 atom stereocenters. The van der Waals surface area contributed by atoms with E-state index in [1.54, 1.807) is 44.2 Å². The van der Waals surface area contributed by atoms with Gasteiger partial charge in [0.25, 0.3) is 0 Å². The summed E-state index contributed by atoms with van der Waals surface area (Å²) < 4.78 is 13.7. The molecule has 4 N–H and O–H groups in total. The Kier molecular flexibility index (Phi) is 5.96. The van der Waals surface area contributed by atoms with Crippen LogP contribution < -0.4 is 11.5 Å². The predicted octanol–water partition coefficient (Wildman–Crippen LogP) is 4.02. The number of rotatable bonds is 8. The Labute approximate surface area is 149 Å². The zero-order valence-electron chi connectivity index (χ0n) is 15.0. The Balaban J connectivity index is 2.51. The van der Waals surface area contributed by atoms with Gasteiger partial charge in [0, 0.05) is 5.57 Å². The van der Waals surface area contributed by atoms with Crippen molar-refractivity contribution in [3.63, 3.8) is 0 Å². The minimum atomic E-state index is -0.841. The number of halogens is 1. The lowest BCUT2D eigenvalue weighted by molar-refractivity contribution is -0.114. The highest BCUT2D eigenvalue weighted by Crippen LogP contribution is 2.40. The van der Waals surface area contributed by atoms with Gasteiger partial charge in [0.15, 0.2) is 0 Å². The van der Waals surface area contributed by atoms with Gasteiger partial charge in [-0.05, 0) is 61.4 Å². The van der Waals surface area contributed by atoms with Crippen LogP contribution in [-0.4, -0.2) is 5.91 Å². The Morgan fingerprint density at radius 2 is 2.12 bits per heavy atom. The molecule has 1 amide bonds. The molecule has 1 aliphatic carbocycles. The van der Waals surface area contributed by atoms with E-state index >= 15 is 0 Å². The lowest BCUT2D eigenvalue weighted by atomic mass is 9.77. The summed E-state index contributed by atoms with van der Waals surface area (Å²) in [4.78, 5) is 11.6. The molecule has 0 saturated heterocycles. The molecule has 3 nitrogen and oxygen atoms in total. The smallest absolute Gasteiger partial charge is 0.248 e. The maximum atomic E-state index is 13.7. The standard InChI is InChI=1S/C21H27FN2O/c1-4-16(20(23)25)13-17(5-2)21(24,11-10-15-6-7-15)18-8-9-19(22)14(3)12-18/h4-5,8-9,12-13,15H,2,6-7,10-11,24H2,1,3H3,(H2,23,25)/b16-4+,17-13+. The highest BCUT2D eigenvalue weighted by atomic mass is 19.1. The fourth-order valence-electron chi connectivity index (χ4n) is 3.05. The number of aryl methyl sites for hydroxylation is 1. The van der Waals surface area contributed by atoms with Crippen molar-refractivity contribution in [2.45, 2.75) is 45.1 Å². The third kappa shape index (κ3) is 4.45. The first-order valence-electron chi connectivity index (χ1n) is 8.68. The number of amides is 1. The van der Waals surface area contributed by atoms with Crippen molar-refractivity contribution < 1.29 is 9.18 Å². The number of hydrogen-bond acceptors (Lipinski definition) is 2. The van der Waals surface area contributed by atoms with E-state index in [-0.39, 0.29) is 5.82 Å². The van der Waals surface area contributed by atoms with Crippen LogP contribution >= 0.6 is 0 Å². The van der Waals surface area contributed by atoms with Crippen molar-refractivity contribution in [1.82, 2.24) is 0 Å². The van der Waals surface area contributed by atoms with Gasteiger partial charge in [-0.15, -0.1) is 0 Å². The van der Waals surface area contributed by atoms with Crippen LogP contribution in [-0.2, 0) is 10.3 Å². The largest absolute Gasteiger partial charge is 0.366 e. The molecule has 1 aromatic carbocycles. The molecule has 134 valence electrons. The summed E-state index contributed by atoms with van der Waals surface area (Å²) in [5, 5.41) is 0. The van der Waals surface area contributed by atoms with Crippen LogP contribution in [0.25, 0.3) is 0 Å². The normalized spacial score (nSPS) is 17.9. The molecular formula is C21H27FN2O. The average Bonchev–Trinajstić information content (AvgIpc) is 3.40. The molecule has 0 radical (unpaired) electrons. The maximum absolute atomic E-state index is 13.7. The van der Waals surface area contributed by atoms with Crippen LogP contribution in [0.15, 0.2) is 54.2 Å². The Bertz CT molecular complexity index is 731. The number of primary amides is 1. The van der Waals surface area contributed by atoms with Crippen molar-refractivity contribution in [3.8, 4) is 0 Å². The molecule has 1 saturated carbocycles. The molecule has 0 heterocycles. The number of carbonyl (C=O) groups excluding carboxylic acids is 1. The second-order valence-corrected chi connectivity index (χ2v) is 6.83. The quantitative estimate of drug-likeness (QED) is 0.553. The fourth-order valence-corrected chi connectivity index (χ4v) is 3.05. The number of hydrogen-bond donors (Lipinski definition) is 2. The van der Waals surface area contributed by atoms with Crippen LogP contribution in [0.2, 0.25) is 0 Å². The first-order chi connectivity index (χ1) is 11.8. The van der Waals surface area contributed by atoms with Gasteiger partial charge < -0.3 is 11.5 Å². The van der Waals surface area contributed by atoms with Gasteiger partial charge in [-0.3, -0.25) is 4.79 Å². The van der Waals surface area contributed by atoms with E-state index in [9.17, 15) is 9.18 Å². The summed E-state index contributed by atoms with van der Waals surface area (Å²) in [5.74, 6) is -0.0711. The first-order valence-corrected chi connectivity index (χ1v) is 8.68. The minimum Gasteiger partial charge on any atom is -0.366 e. The van der Waals surface area contributed by atoms with E-state index in [0.29, 0.717) is 29.0 Å². The molecule has 4 heteroatoms. The molecule has 0 aromatic heterocycles. The number of benzene rings is 1.